The molecule has 199 valence electrons. The van der Waals surface area contributed by atoms with Gasteiger partial charge in [0.05, 0.1) is 0 Å². The summed E-state index contributed by atoms with van der Waals surface area (Å²) in [7, 11) is 2.94. The third kappa shape index (κ3) is 4.33. The Bertz CT molecular complexity index is 1060. The summed E-state index contributed by atoms with van der Waals surface area (Å²) in [4.78, 5) is 0. The molecule has 2 unspecified atom stereocenters. The molecular weight excluding hydrogens is 553 g/mol. The number of fused-ring (bicyclic) bond motifs is 2. The van der Waals surface area contributed by atoms with Gasteiger partial charge >= 0.3 is 235 Å². The van der Waals surface area contributed by atoms with Gasteiger partial charge < -0.3 is 0 Å². The molecule has 1 saturated heterocycles. The van der Waals surface area contributed by atoms with E-state index >= 15 is 0 Å². The molecule has 36 heavy (non-hydrogen) atoms. The standard InChI is InChI=1S/C29H50GeN3P2Si/c1-19(2)23-14-13-15-24(20(3)4)26(23)31(30)25-21-16-17-22(18-21)27(25)35(34)32(28(5,6)7)36(11,12)33(35)29(8,9)10/h13-15,19-22,34H,16-18H2,1-12H3. The van der Waals surface area contributed by atoms with E-state index in [1.54, 1.807) is 11.0 Å². The van der Waals surface area contributed by atoms with Crippen LogP contribution in [0.2, 0.25) is 13.1 Å². The van der Waals surface area contributed by atoms with Crippen molar-refractivity contribution in [2.75, 3.05) is 3.86 Å². The first kappa shape index (κ1) is 29.2. The van der Waals surface area contributed by atoms with Gasteiger partial charge in [-0.2, -0.15) is 0 Å². The molecule has 0 N–H and O–H groups in total. The third-order valence-electron chi connectivity index (χ3n) is 8.50. The first-order valence-electron chi connectivity index (χ1n) is 14.0. The summed E-state index contributed by atoms with van der Waals surface area (Å²) in [6.45, 7) is 27.4. The molecule has 0 spiro atoms. The molecule has 1 saturated carbocycles. The zero-order valence-corrected chi connectivity index (χ0v) is 29.9. The zero-order valence-electron chi connectivity index (χ0n) is 25.0. The normalized spacial score (nSPS) is 26.3. The number of anilines is 1. The zero-order chi connectivity index (χ0) is 27.2. The number of hydrogen-bond donors (Lipinski definition) is 0. The minimum absolute atomic E-state index is 0.129. The number of rotatable bonds is 5. The molecule has 2 atom stereocenters. The van der Waals surface area contributed by atoms with Crippen LogP contribution in [0, 0.1) is 11.8 Å². The van der Waals surface area contributed by atoms with Crippen LogP contribution in [0.1, 0.15) is 111 Å². The molecule has 2 fully saturated rings. The fourth-order valence-electron chi connectivity index (χ4n) is 8.07. The Balaban J connectivity index is 2.00. The van der Waals surface area contributed by atoms with E-state index in [9.17, 15) is 0 Å². The maximum absolute atomic E-state index is 4.74. The van der Waals surface area contributed by atoms with E-state index in [0.717, 1.165) is 0 Å². The van der Waals surface area contributed by atoms with E-state index in [2.05, 4.69) is 130 Å². The van der Waals surface area contributed by atoms with Crippen LogP contribution < -0.4 is 3.86 Å². The quantitative estimate of drug-likeness (QED) is 0.246. The molecule has 3 aliphatic rings. The van der Waals surface area contributed by atoms with Crippen LogP contribution in [0.5, 0.6) is 0 Å². The van der Waals surface area contributed by atoms with Crippen LogP contribution in [0.15, 0.2) is 29.2 Å². The Labute approximate surface area is 234 Å². The Morgan fingerprint density at radius 2 is 1.36 bits per heavy atom. The van der Waals surface area contributed by atoms with Crippen LogP contribution in [0.3, 0.4) is 0 Å². The Kier molecular flexibility index (Phi) is 7.60. The first-order valence-corrected chi connectivity index (χ1v) is 20.9. The molecule has 3 nitrogen and oxygen atoms in total. The molecule has 1 aromatic rings. The van der Waals surface area contributed by atoms with E-state index in [0.29, 0.717) is 23.7 Å². The van der Waals surface area contributed by atoms with Crippen LogP contribution in [0.25, 0.3) is 0 Å². The molecule has 1 heterocycles. The Morgan fingerprint density at radius 1 is 0.917 bits per heavy atom. The fraction of sp³-hybridized carbons (Fsp3) is 0.724. The topological polar surface area (TPSA) is 9.72 Å². The summed E-state index contributed by atoms with van der Waals surface area (Å²) >= 11 is 2.40. The predicted octanol–water partition coefficient (Wildman–Crippen LogP) is 9.29. The summed E-state index contributed by atoms with van der Waals surface area (Å²) in [5.74, 6) is 2.38. The molecule has 3 radical (unpaired) electrons. The molecule has 4 rings (SSSR count). The van der Waals surface area contributed by atoms with Crippen molar-refractivity contribution in [3.63, 3.8) is 0 Å². The second-order valence-electron chi connectivity index (χ2n) is 14.5. The SMILES string of the molecule is CC(C)c1cccc(C(C)C)c1[N]([Ge])C1=C(P2(=P)N(C(C)(C)C)[Si](C)(C)N2C(C)(C)C)C2CCC1C2. The molecule has 0 amide bonds. The van der Waals surface area contributed by atoms with E-state index in [4.69, 9.17) is 8.53 Å². The van der Waals surface area contributed by atoms with Crippen molar-refractivity contribution in [1.82, 2.24) is 8.67 Å². The van der Waals surface area contributed by atoms with E-state index < -0.39 is 15.2 Å². The van der Waals surface area contributed by atoms with Crippen molar-refractivity contribution in [2.45, 2.75) is 125 Å². The number of hydrogen-bond acceptors (Lipinski definition) is 1. The van der Waals surface area contributed by atoms with Gasteiger partial charge in [-0.15, -0.1) is 0 Å². The minimum atomic E-state index is -1.85. The van der Waals surface area contributed by atoms with Crippen LogP contribution in [-0.4, -0.2) is 44.9 Å². The molecular formula is C29H50GeN3P2Si. The maximum atomic E-state index is 4.74. The second-order valence-corrected chi connectivity index (χ2v) is 24.4. The summed E-state index contributed by atoms with van der Waals surface area (Å²) in [6, 6.07) is 7.02. The Morgan fingerprint density at radius 3 is 1.78 bits per heavy atom. The molecule has 7 heteroatoms. The van der Waals surface area contributed by atoms with E-state index in [-0.39, 0.29) is 11.1 Å². The second kappa shape index (κ2) is 9.38. The monoisotopic (exact) mass is 604 g/mol. The third-order valence-corrected chi connectivity index (χ3v) is 24.3. The van der Waals surface area contributed by atoms with Crippen LogP contribution in [-0.2, 0) is 0 Å². The van der Waals surface area contributed by atoms with Crippen molar-refractivity contribution < 1.29 is 0 Å². The van der Waals surface area contributed by atoms with E-state index in [1.165, 1.54) is 36.1 Å². The summed E-state index contributed by atoms with van der Waals surface area (Å²) in [6.07, 6.45) is 4.03. The number of nitrogens with zero attached hydrogens (tertiary/aromatic N) is 3. The summed E-state index contributed by atoms with van der Waals surface area (Å²) in [5, 5.41) is 1.77. The Hall–Kier alpha value is 0.170. The van der Waals surface area contributed by atoms with Gasteiger partial charge in [-0.1, -0.05) is 0 Å². The van der Waals surface area contributed by atoms with Gasteiger partial charge in [0.2, 0.25) is 0 Å². The van der Waals surface area contributed by atoms with E-state index in [1.807, 2.05) is 0 Å². The van der Waals surface area contributed by atoms with Crippen molar-refractivity contribution in [1.29, 1.82) is 0 Å². The van der Waals surface area contributed by atoms with Gasteiger partial charge in [0.15, 0.2) is 0 Å². The fourth-order valence-corrected chi connectivity index (χ4v) is 30.5. The number of para-hydroxylation sites is 1. The predicted molar refractivity (Wildman–Crippen MR) is 167 cm³/mol. The van der Waals surface area contributed by atoms with Gasteiger partial charge in [0.25, 0.3) is 0 Å². The molecule has 1 aliphatic heterocycles. The van der Waals surface area contributed by atoms with Gasteiger partial charge in [-0.05, 0) is 0 Å². The van der Waals surface area contributed by atoms with Crippen LogP contribution in [0.4, 0.5) is 5.69 Å². The molecule has 2 aliphatic carbocycles. The van der Waals surface area contributed by atoms with Crippen molar-refractivity contribution in [3.05, 3.63) is 40.3 Å². The van der Waals surface area contributed by atoms with Crippen molar-refractivity contribution in [2.24, 2.45) is 11.8 Å². The van der Waals surface area contributed by atoms with Crippen LogP contribution >= 0.6 is 15.4 Å². The summed E-state index contributed by atoms with van der Waals surface area (Å²) < 4.78 is 8.67. The summed E-state index contributed by atoms with van der Waals surface area (Å²) in [5.41, 5.74) is 6.36. The van der Waals surface area contributed by atoms with Crippen molar-refractivity contribution in [3.8, 4) is 0 Å². The average molecular weight is 603 g/mol. The first-order chi connectivity index (χ1) is 16.4. The van der Waals surface area contributed by atoms with Gasteiger partial charge in [0.1, 0.15) is 0 Å². The van der Waals surface area contributed by atoms with Gasteiger partial charge in [-0.3, -0.25) is 0 Å². The van der Waals surface area contributed by atoms with Gasteiger partial charge in [-0.25, -0.2) is 0 Å². The molecule has 0 aromatic heterocycles. The number of allylic oxidation sites excluding steroid dienone is 2. The average Bonchev–Trinajstić information content (AvgIpc) is 3.30. The van der Waals surface area contributed by atoms with Gasteiger partial charge in [0, 0.05) is 0 Å². The molecule has 1 aromatic carbocycles. The molecule has 2 bridgehead atoms. The van der Waals surface area contributed by atoms with Crippen molar-refractivity contribution >= 4 is 46.2 Å². The number of benzene rings is 1.